The summed E-state index contributed by atoms with van der Waals surface area (Å²) in [6.07, 6.45) is 5.89. The molecule has 1 saturated carbocycles. The van der Waals surface area contributed by atoms with Crippen molar-refractivity contribution in [2.75, 3.05) is 20.2 Å². The van der Waals surface area contributed by atoms with Gasteiger partial charge >= 0.3 is 5.97 Å². The monoisotopic (exact) mass is 243 g/mol. The Morgan fingerprint density at radius 1 is 1.25 bits per heavy atom. The fourth-order valence-corrected chi connectivity index (χ4v) is 4.43. The maximum atomic E-state index is 11.6. The number of carbonyl (C=O) groups is 1. The number of carbonyl (C=O) groups excluding carboxylic acids is 1. The molecular weight excluding hydrogens is 222 g/mol. The molecule has 1 saturated heterocycles. The van der Waals surface area contributed by atoms with Crippen LogP contribution in [0.5, 0.6) is 0 Å². The third-order valence-electron chi connectivity index (χ3n) is 3.61. The molecule has 0 aromatic carbocycles. The van der Waals surface area contributed by atoms with E-state index in [1.165, 1.54) is 32.8 Å². The lowest BCUT2D eigenvalue weighted by Gasteiger charge is -2.26. The number of nitrogens with one attached hydrogen (secondary N) is 1. The number of rotatable bonds is 3. The highest BCUT2D eigenvalue weighted by atomic mass is 32.2. The predicted octanol–water partition coefficient (Wildman–Crippen LogP) is 1.81. The van der Waals surface area contributed by atoms with Crippen LogP contribution in [-0.2, 0) is 9.53 Å². The second-order valence-electron chi connectivity index (χ2n) is 4.68. The molecule has 2 fully saturated rings. The molecule has 1 N–H and O–H groups in total. The smallest absolute Gasteiger partial charge is 0.309 e. The molecule has 0 spiro atoms. The summed E-state index contributed by atoms with van der Waals surface area (Å²) in [7, 11) is 1.51. The summed E-state index contributed by atoms with van der Waals surface area (Å²) in [5.74, 6) is 0.161. The lowest BCUT2D eigenvalue weighted by Crippen LogP contribution is -2.32. The molecule has 92 valence electrons. The minimum atomic E-state index is 0.00364. The number of esters is 1. The molecule has 2 unspecified atom stereocenters. The van der Waals surface area contributed by atoms with Crippen LogP contribution in [0.25, 0.3) is 0 Å². The first-order valence-electron chi connectivity index (χ1n) is 6.25. The van der Waals surface area contributed by atoms with Crippen LogP contribution < -0.4 is 5.32 Å². The fraction of sp³-hybridized carbons (Fsp3) is 0.917. The van der Waals surface area contributed by atoms with Crippen molar-refractivity contribution in [3.63, 3.8) is 0 Å². The van der Waals surface area contributed by atoms with E-state index in [2.05, 4.69) is 5.32 Å². The van der Waals surface area contributed by atoms with E-state index in [1.807, 2.05) is 11.8 Å². The van der Waals surface area contributed by atoms with Crippen LogP contribution in [0.2, 0.25) is 0 Å². The molecule has 0 bridgehead atoms. The lowest BCUT2D eigenvalue weighted by molar-refractivity contribution is -0.144. The molecule has 1 aliphatic heterocycles. The van der Waals surface area contributed by atoms with Crippen LogP contribution in [0.15, 0.2) is 0 Å². The Labute approximate surface area is 102 Å². The second-order valence-corrected chi connectivity index (χ2v) is 6.23. The van der Waals surface area contributed by atoms with Crippen molar-refractivity contribution in [2.24, 2.45) is 5.92 Å². The summed E-state index contributed by atoms with van der Waals surface area (Å²) in [5, 5.41) is 4.64. The van der Waals surface area contributed by atoms with Crippen molar-refractivity contribution in [3.05, 3.63) is 0 Å². The largest absolute Gasteiger partial charge is 0.469 e. The Morgan fingerprint density at radius 2 is 2.00 bits per heavy atom. The fourth-order valence-electron chi connectivity index (χ4n) is 2.69. The first kappa shape index (κ1) is 12.2. The molecule has 16 heavy (non-hydrogen) atoms. The molecule has 4 heteroatoms. The summed E-state index contributed by atoms with van der Waals surface area (Å²) in [6.45, 7) is 2.26. The Morgan fingerprint density at radius 3 is 2.69 bits per heavy atom. The van der Waals surface area contributed by atoms with Gasteiger partial charge < -0.3 is 10.1 Å². The molecule has 0 aromatic heterocycles. The van der Waals surface area contributed by atoms with Crippen LogP contribution in [0.4, 0.5) is 0 Å². The van der Waals surface area contributed by atoms with Crippen LogP contribution in [0.3, 0.4) is 0 Å². The molecule has 1 aliphatic carbocycles. The van der Waals surface area contributed by atoms with Crippen molar-refractivity contribution in [1.29, 1.82) is 0 Å². The van der Waals surface area contributed by atoms with Crippen molar-refractivity contribution in [1.82, 2.24) is 5.32 Å². The number of hydrogen-bond donors (Lipinski definition) is 1. The van der Waals surface area contributed by atoms with E-state index in [1.54, 1.807) is 0 Å². The third kappa shape index (κ3) is 2.92. The number of thioether (sulfide) groups is 1. The number of ether oxygens (including phenoxy) is 1. The predicted molar refractivity (Wildman–Crippen MR) is 66.6 cm³/mol. The van der Waals surface area contributed by atoms with Crippen LogP contribution >= 0.6 is 11.8 Å². The van der Waals surface area contributed by atoms with Gasteiger partial charge in [0, 0.05) is 10.5 Å². The summed E-state index contributed by atoms with van der Waals surface area (Å²) < 4.78 is 4.89. The van der Waals surface area contributed by atoms with Gasteiger partial charge in [-0.25, -0.2) is 0 Å². The van der Waals surface area contributed by atoms with E-state index in [0.29, 0.717) is 5.25 Å². The average Bonchev–Trinajstić information content (AvgIpc) is 2.77. The molecule has 0 aromatic rings. The Hall–Kier alpha value is -0.220. The standard InChI is InChI=1S/C12H21NO2S/c1-15-12(14)10-3-2-4-11(10)16-9-5-7-13-8-6-9/h9-11,13H,2-8H2,1H3. The van der Waals surface area contributed by atoms with Crippen LogP contribution in [-0.4, -0.2) is 36.7 Å². The quantitative estimate of drug-likeness (QED) is 0.767. The summed E-state index contributed by atoms with van der Waals surface area (Å²) in [6, 6.07) is 0. The van der Waals surface area contributed by atoms with Crippen molar-refractivity contribution in [3.8, 4) is 0 Å². The highest BCUT2D eigenvalue weighted by molar-refractivity contribution is 8.00. The normalized spacial score (nSPS) is 31.6. The van der Waals surface area contributed by atoms with Crippen LogP contribution in [0, 0.1) is 5.92 Å². The van der Waals surface area contributed by atoms with E-state index in [9.17, 15) is 4.79 Å². The summed E-state index contributed by atoms with van der Waals surface area (Å²) in [4.78, 5) is 11.6. The molecule has 0 radical (unpaired) electrons. The second kappa shape index (κ2) is 5.92. The van der Waals surface area contributed by atoms with Crippen molar-refractivity contribution >= 4 is 17.7 Å². The SMILES string of the molecule is COC(=O)C1CCCC1SC1CCNCC1. The molecule has 2 rings (SSSR count). The Kier molecular flexibility index (Phi) is 4.53. The van der Waals surface area contributed by atoms with Gasteiger partial charge in [0.25, 0.3) is 0 Å². The van der Waals surface area contributed by atoms with E-state index in [-0.39, 0.29) is 11.9 Å². The molecular formula is C12H21NO2S. The van der Waals surface area contributed by atoms with Crippen molar-refractivity contribution in [2.45, 2.75) is 42.6 Å². The van der Waals surface area contributed by atoms with Gasteiger partial charge in [0.1, 0.15) is 0 Å². The molecule has 2 atom stereocenters. The van der Waals surface area contributed by atoms with E-state index in [0.717, 1.165) is 24.8 Å². The van der Waals surface area contributed by atoms with Gasteiger partial charge in [-0.05, 0) is 38.8 Å². The Bertz CT molecular complexity index is 241. The van der Waals surface area contributed by atoms with Gasteiger partial charge in [-0.3, -0.25) is 4.79 Å². The van der Waals surface area contributed by atoms with Gasteiger partial charge in [0.05, 0.1) is 13.0 Å². The first-order valence-corrected chi connectivity index (χ1v) is 7.19. The minimum Gasteiger partial charge on any atom is -0.469 e. The summed E-state index contributed by atoms with van der Waals surface area (Å²) in [5.41, 5.74) is 0. The van der Waals surface area contributed by atoms with Gasteiger partial charge in [-0.1, -0.05) is 6.42 Å². The molecule has 0 amide bonds. The Balaban J connectivity index is 1.85. The average molecular weight is 243 g/mol. The maximum Gasteiger partial charge on any atom is 0.309 e. The third-order valence-corrected chi connectivity index (χ3v) is 5.38. The van der Waals surface area contributed by atoms with Gasteiger partial charge in [-0.15, -0.1) is 0 Å². The summed E-state index contributed by atoms with van der Waals surface area (Å²) >= 11 is 2.04. The molecule has 3 nitrogen and oxygen atoms in total. The molecule has 2 aliphatic rings. The van der Waals surface area contributed by atoms with Gasteiger partial charge in [-0.2, -0.15) is 11.8 Å². The first-order chi connectivity index (χ1) is 7.81. The van der Waals surface area contributed by atoms with Crippen molar-refractivity contribution < 1.29 is 9.53 Å². The van der Waals surface area contributed by atoms with Crippen LogP contribution in [0.1, 0.15) is 32.1 Å². The highest BCUT2D eigenvalue weighted by Gasteiger charge is 2.35. The zero-order valence-electron chi connectivity index (χ0n) is 9.91. The lowest BCUT2D eigenvalue weighted by atomic mass is 10.1. The number of hydrogen-bond acceptors (Lipinski definition) is 4. The number of piperidine rings is 1. The van der Waals surface area contributed by atoms with Gasteiger partial charge in [0.15, 0.2) is 0 Å². The zero-order chi connectivity index (χ0) is 11.4. The van der Waals surface area contributed by atoms with E-state index in [4.69, 9.17) is 4.74 Å². The highest BCUT2D eigenvalue weighted by Crippen LogP contribution is 2.39. The zero-order valence-corrected chi connectivity index (χ0v) is 10.7. The topological polar surface area (TPSA) is 38.3 Å². The van der Waals surface area contributed by atoms with E-state index >= 15 is 0 Å². The minimum absolute atomic E-state index is 0.00364. The number of methoxy groups -OCH3 is 1. The molecule has 1 heterocycles. The van der Waals surface area contributed by atoms with E-state index < -0.39 is 0 Å². The van der Waals surface area contributed by atoms with Gasteiger partial charge in [0.2, 0.25) is 0 Å². The maximum absolute atomic E-state index is 11.6.